The molecule has 0 saturated heterocycles. The minimum atomic E-state index is -0.719. The summed E-state index contributed by atoms with van der Waals surface area (Å²) in [6.45, 7) is 6.14. The van der Waals surface area contributed by atoms with Crippen LogP contribution in [0.3, 0.4) is 0 Å². The first-order chi connectivity index (χ1) is 28.9. The molecule has 60 heavy (non-hydrogen) atoms. The van der Waals surface area contributed by atoms with E-state index in [9.17, 15) is 38.0 Å². The van der Waals surface area contributed by atoms with E-state index in [2.05, 4.69) is 10.6 Å². The van der Waals surface area contributed by atoms with E-state index in [1.807, 2.05) is 13.8 Å². The van der Waals surface area contributed by atoms with Gasteiger partial charge in [0.25, 0.3) is 0 Å². The Kier molecular flexibility index (Phi) is 18.0. The molecule has 4 aromatic rings. The van der Waals surface area contributed by atoms with Crippen molar-refractivity contribution in [1.82, 2.24) is 10.6 Å². The van der Waals surface area contributed by atoms with Crippen LogP contribution in [0.25, 0.3) is 0 Å². The van der Waals surface area contributed by atoms with Crippen LogP contribution in [0, 0.1) is 23.3 Å². The van der Waals surface area contributed by atoms with E-state index < -0.39 is 24.4 Å². The van der Waals surface area contributed by atoms with Crippen LogP contribution in [0.15, 0.2) is 72.8 Å². The van der Waals surface area contributed by atoms with Crippen LogP contribution in [0.2, 0.25) is 0 Å². The molecule has 4 aliphatic rings. The maximum absolute atomic E-state index is 13.6. The lowest BCUT2D eigenvalue weighted by Gasteiger charge is -2.29. The minimum absolute atomic E-state index is 0.199. The predicted octanol–water partition coefficient (Wildman–Crippen LogP) is 7.76. The third-order valence-corrected chi connectivity index (χ3v) is 10.8. The summed E-state index contributed by atoms with van der Waals surface area (Å²) in [7, 11) is 3.57. The number of benzene rings is 4. The second kappa shape index (κ2) is 22.9. The zero-order valence-electron chi connectivity index (χ0n) is 34.6. The van der Waals surface area contributed by atoms with Gasteiger partial charge in [-0.15, -0.1) is 0 Å². The van der Waals surface area contributed by atoms with E-state index in [4.69, 9.17) is 18.9 Å². The molecule has 8 rings (SSSR count). The number of hydrogen-bond donors (Lipinski definition) is 6. The summed E-state index contributed by atoms with van der Waals surface area (Å²) in [5.74, 6) is -1.17. The lowest BCUT2D eigenvalue weighted by atomic mass is 9.93. The van der Waals surface area contributed by atoms with E-state index in [-0.39, 0.29) is 74.1 Å². The predicted molar refractivity (Wildman–Crippen MR) is 218 cm³/mol. The van der Waals surface area contributed by atoms with Crippen LogP contribution in [0.5, 0.6) is 0 Å². The Bertz CT molecular complexity index is 1700. The summed E-state index contributed by atoms with van der Waals surface area (Å²) in [6.07, 6.45) is -0.377. The lowest BCUT2D eigenvalue weighted by Crippen LogP contribution is -2.28. The maximum atomic E-state index is 13.6. The highest BCUT2D eigenvalue weighted by molar-refractivity contribution is 5.37. The Labute approximate surface area is 349 Å². The van der Waals surface area contributed by atoms with Crippen molar-refractivity contribution in [2.45, 2.75) is 88.4 Å². The fourth-order valence-corrected chi connectivity index (χ4v) is 7.93. The second-order valence-corrected chi connectivity index (χ2v) is 15.0. The van der Waals surface area contributed by atoms with Gasteiger partial charge in [-0.3, -0.25) is 0 Å². The van der Waals surface area contributed by atoms with Crippen molar-refractivity contribution >= 4 is 0 Å². The Hall–Kier alpha value is -3.80. The number of aliphatic hydroxyl groups excluding tert-OH is 4. The third-order valence-electron chi connectivity index (χ3n) is 10.8. The van der Waals surface area contributed by atoms with Crippen LogP contribution >= 0.6 is 0 Å². The summed E-state index contributed by atoms with van der Waals surface area (Å²) in [5.41, 5.74) is 4.68. The molecule has 4 heterocycles. The molecule has 0 bridgehead atoms. The quantitative estimate of drug-likeness (QED) is 0.0976. The molecular weight excluding hydrogens is 785 g/mol. The van der Waals surface area contributed by atoms with Crippen LogP contribution in [-0.2, 0) is 18.9 Å². The number of halogens is 4. The summed E-state index contributed by atoms with van der Waals surface area (Å²) in [5, 5.41) is 44.6. The van der Waals surface area contributed by atoms with Gasteiger partial charge in [0.2, 0.25) is 0 Å². The second-order valence-electron chi connectivity index (χ2n) is 15.0. The van der Waals surface area contributed by atoms with Crippen LogP contribution < -0.4 is 10.6 Å². The number of ether oxygens (including phenoxy) is 4. The largest absolute Gasteiger partial charge is 0.386 e. The van der Waals surface area contributed by atoms with Crippen molar-refractivity contribution in [2.75, 3.05) is 53.6 Å². The normalized spacial score (nSPS) is 25.0. The van der Waals surface area contributed by atoms with E-state index in [1.54, 1.807) is 62.6 Å². The topological polar surface area (TPSA) is 142 Å². The lowest BCUT2D eigenvalue weighted by molar-refractivity contribution is -0.0358. The molecule has 0 aromatic heterocycles. The molecular formula is C46H58F4N2O8. The monoisotopic (exact) mass is 842 g/mol. The minimum Gasteiger partial charge on any atom is -0.386 e. The van der Waals surface area contributed by atoms with E-state index >= 15 is 0 Å². The number of nitrogens with one attached hydrogen (secondary N) is 2. The van der Waals surface area contributed by atoms with Crippen molar-refractivity contribution in [3.63, 3.8) is 0 Å². The number of rotatable bonds is 8. The molecule has 0 unspecified atom stereocenters. The van der Waals surface area contributed by atoms with Gasteiger partial charge in [-0.05, 0) is 73.5 Å². The van der Waals surface area contributed by atoms with Crippen molar-refractivity contribution in [3.8, 4) is 0 Å². The summed E-state index contributed by atoms with van der Waals surface area (Å²) < 4.78 is 76.1. The zero-order valence-corrected chi connectivity index (χ0v) is 34.6. The van der Waals surface area contributed by atoms with Gasteiger partial charge in [-0.2, -0.15) is 0 Å². The molecule has 0 fully saturated rings. The molecule has 6 N–H and O–H groups in total. The van der Waals surface area contributed by atoms with Crippen LogP contribution in [0.4, 0.5) is 17.6 Å². The van der Waals surface area contributed by atoms with Crippen LogP contribution in [-0.4, -0.2) is 74.0 Å². The molecule has 0 amide bonds. The maximum Gasteiger partial charge on any atom is 0.129 e. The average molecular weight is 843 g/mol. The first-order valence-electron chi connectivity index (χ1n) is 20.6. The highest BCUT2D eigenvalue weighted by Crippen LogP contribution is 2.39. The number of likely N-dealkylation sites (N-methyl/N-ethyl adjacent to an activating group) is 2. The number of fused-ring (bicyclic) bond motifs is 4. The third kappa shape index (κ3) is 11.4. The summed E-state index contributed by atoms with van der Waals surface area (Å²) >= 11 is 0. The van der Waals surface area contributed by atoms with Gasteiger partial charge >= 0.3 is 0 Å². The summed E-state index contributed by atoms with van der Waals surface area (Å²) in [4.78, 5) is 0. The number of hydrogen-bond acceptors (Lipinski definition) is 10. The highest BCUT2D eigenvalue weighted by Gasteiger charge is 2.32. The fraction of sp³-hybridized carbons (Fsp3) is 0.478. The SMILES string of the molecule is CCC[C@@H]1OC[C@H](O)c2cccc(F)c21.CCC[C@H]1OC[C@@H](O)c2cccc(F)c21.CNC[C@@H]1OC[C@H](O)c2cccc(F)c21.CNC[C@H]1OC[C@@H](O)c2cccc(F)c21. The Morgan fingerprint density at radius 1 is 0.450 bits per heavy atom. The summed E-state index contributed by atoms with van der Waals surface area (Å²) in [6, 6.07) is 19.1. The van der Waals surface area contributed by atoms with E-state index in [1.165, 1.54) is 24.3 Å². The molecule has 14 heteroatoms. The van der Waals surface area contributed by atoms with E-state index in [0.29, 0.717) is 57.6 Å². The molecule has 0 spiro atoms. The Morgan fingerprint density at radius 2 is 0.700 bits per heavy atom. The molecule has 10 nitrogen and oxygen atoms in total. The molecule has 0 aliphatic carbocycles. The molecule has 8 atom stereocenters. The first-order valence-corrected chi connectivity index (χ1v) is 20.6. The van der Waals surface area contributed by atoms with Gasteiger partial charge in [0.05, 0.1) is 50.8 Å². The smallest absolute Gasteiger partial charge is 0.129 e. The van der Waals surface area contributed by atoms with Gasteiger partial charge in [0.1, 0.15) is 47.7 Å². The first kappa shape index (κ1) is 47.3. The van der Waals surface area contributed by atoms with Gasteiger partial charge in [0.15, 0.2) is 0 Å². The Balaban J connectivity index is 0.000000152. The molecule has 4 aliphatic heterocycles. The van der Waals surface area contributed by atoms with Gasteiger partial charge in [0, 0.05) is 35.3 Å². The van der Waals surface area contributed by atoms with Crippen LogP contribution in [0.1, 0.15) is 133 Å². The van der Waals surface area contributed by atoms with Crippen molar-refractivity contribution < 1.29 is 56.9 Å². The molecule has 0 saturated carbocycles. The van der Waals surface area contributed by atoms with Gasteiger partial charge in [-0.25, -0.2) is 17.6 Å². The molecule has 4 aromatic carbocycles. The van der Waals surface area contributed by atoms with Gasteiger partial charge < -0.3 is 50.0 Å². The van der Waals surface area contributed by atoms with Crippen molar-refractivity contribution in [3.05, 3.63) is 141 Å². The van der Waals surface area contributed by atoms with Crippen molar-refractivity contribution in [1.29, 1.82) is 0 Å². The average Bonchev–Trinajstić information content (AvgIpc) is 3.24. The zero-order chi connectivity index (χ0) is 43.3. The molecule has 0 radical (unpaired) electrons. The molecule has 328 valence electrons. The van der Waals surface area contributed by atoms with E-state index in [0.717, 1.165) is 25.7 Å². The fourth-order valence-electron chi connectivity index (χ4n) is 7.93. The van der Waals surface area contributed by atoms with Crippen molar-refractivity contribution in [2.24, 2.45) is 0 Å². The Morgan fingerprint density at radius 3 is 0.950 bits per heavy atom. The standard InChI is InChI=1S/2C12H15FO2.2C11H14FNO2/c2*1-2-4-11-12-8(10(14)7-15-11)5-3-6-9(12)13;2*1-13-5-10-11-7(9(14)6-15-10)3-2-4-8(11)12/h2*3,5-6,10-11,14H,2,4,7H2,1H3;2*2-4,9-10,13-14H,5-6H2,1H3/t2*10-,11-;2*9-,10-/m1010/s1. The van der Waals surface area contributed by atoms with Gasteiger partial charge in [-0.1, -0.05) is 75.2 Å². The number of aliphatic hydroxyl groups is 4. The highest BCUT2D eigenvalue weighted by atomic mass is 19.1.